The van der Waals surface area contributed by atoms with Crippen LogP contribution in [0.3, 0.4) is 0 Å². The number of alkyl halides is 3. The van der Waals surface area contributed by atoms with Gasteiger partial charge in [-0.15, -0.1) is 0 Å². The summed E-state index contributed by atoms with van der Waals surface area (Å²) >= 11 is 11.8. The predicted octanol–water partition coefficient (Wildman–Crippen LogP) is 7.08. The molecule has 2 aromatic heterocycles. The molecule has 3 N–H and O–H groups in total. The first kappa shape index (κ1) is 30.0. The second-order valence-corrected chi connectivity index (χ2v) is 11.4. The third kappa shape index (κ3) is 6.87. The topological polar surface area (TPSA) is 108 Å². The van der Waals surface area contributed by atoms with Gasteiger partial charge in [0, 0.05) is 53.9 Å². The van der Waals surface area contributed by atoms with E-state index in [4.69, 9.17) is 32.0 Å². The number of benzene rings is 3. The number of oxazole rings is 2. The fourth-order valence-electron chi connectivity index (χ4n) is 5.20. The summed E-state index contributed by atoms with van der Waals surface area (Å²) in [4.78, 5) is 22.7. The lowest BCUT2D eigenvalue weighted by Gasteiger charge is -2.19. The highest BCUT2D eigenvalue weighted by Gasteiger charge is 2.37. The van der Waals surface area contributed by atoms with Crippen molar-refractivity contribution in [2.75, 3.05) is 36.8 Å². The van der Waals surface area contributed by atoms with Crippen molar-refractivity contribution in [1.82, 2.24) is 20.2 Å². The Kier molecular flexibility index (Phi) is 8.57. The minimum atomic E-state index is -4.58. The number of carbonyl (C=O) groups excluding carboxylic acids is 1. The SMILES string of the molecule is Clc1ccc2nc(N[C@@H]3CCNC3)oc2c1.O=C(c1ccccc1C(F)(F)F)N1CC[C@@H](Nc2nc3ccc(Cl)cc3o2)C1. The smallest absolute Gasteiger partial charge is 0.417 e. The molecule has 2 aliphatic heterocycles. The van der Waals surface area contributed by atoms with Gasteiger partial charge in [-0.2, -0.15) is 23.1 Å². The average molecular weight is 647 g/mol. The van der Waals surface area contributed by atoms with Crippen molar-refractivity contribution in [3.05, 3.63) is 81.8 Å². The highest BCUT2D eigenvalue weighted by Crippen LogP contribution is 2.33. The summed E-state index contributed by atoms with van der Waals surface area (Å²) in [5.41, 5.74) is 1.45. The maximum Gasteiger partial charge on any atom is 0.417 e. The first-order chi connectivity index (χ1) is 21.1. The molecule has 0 spiro atoms. The molecule has 0 unspecified atom stereocenters. The van der Waals surface area contributed by atoms with E-state index < -0.39 is 17.6 Å². The molecule has 230 valence electrons. The summed E-state index contributed by atoms with van der Waals surface area (Å²) in [7, 11) is 0. The predicted molar refractivity (Wildman–Crippen MR) is 162 cm³/mol. The summed E-state index contributed by atoms with van der Waals surface area (Å²) in [6, 6.07) is 16.4. The lowest BCUT2D eigenvalue weighted by atomic mass is 10.1. The van der Waals surface area contributed by atoms with Crippen molar-refractivity contribution in [1.29, 1.82) is 0 Å². The van der Waals surface area contributed by atoms with Crippen LogP contribution in [0.2, 0.25) is 10.0 Å². The molecule has 7 rings (SSSR count). The molecular weight excluding hydrogens is 620 g/mol. The second kappa shape index (κ2) is 12.5. The van der Waals surface area contributed by atoms with E-state index in [1.807, 2.05) is 12.1 Å². The first-order valence-corrected chi connectivity index (χ1v) is 14.7. The van der Waals surface area contributed by atoms with Crippen molar-refractivity contribution in [3.8, 4) is 0 Å². The molecule has 2 saturated heterocycles. The molecule has 1 amide bonds. The van der Waals surface area contributed by atoms with Crippen LogP contribution >= 0.6 is 23.2 Å². The maximum absolute atomic E-state index is 13.2. The van der Waals surface area contributed by atoms with Gasteiger partial charge in [-0.3, -0.25) is 4.79 Å². The normalized spacial score (nSPS) is 18.4. The summed E-state index contributed by atoms with van der Waals surface area (Å²) in [6.07, 6.45) is -2.91. The van der Waals surface area contributed by atoms with Crippen LogP contribution in [-0.4, -0.2) is 59.0 Å². The number of anilines is 2. The van der Waals surface area contributed by atoms with E-state index in [2.05, 4.69) is 25.9 Å². The molecular formula is C30H27Cl2F3N6O3. The number of nitrogens with one attached hydrogen (secondary N) is 3. The summed E-state index contributed by atoms with van der Waals surface area (Å²) < 4.78 is 50.7. The van der Waals surface area contributed by atoms with Crippen LogP contribution in [0.25, 0.3) is 22.2 Å². The molecule has 14 heteroatoms. The van der Waals surface area contributed by atoms with Gasteiger partial charge < -0.3 is 29.7 Å². The highest BCUT2D eigenvalue weighted by molar-refractivity contribution is 6.31. The number of amides is 1. The fraction of sp³-hybridized carbons (Fsp3) is 0.300. The standard InChI is InChI=1S/C19H15ClF3N3O2.C11H12ClN3O/c20-11-5-6-15-16(9-11)28-18(25-15)24-12-7-8-26(10-12)17(27)13-3-1-2-4-14(13)19(21,22)23;12-7-1-2-9-10(5-7)16-11(15-9)14-8-3-4-13-6-8/h1-6,9,12H,7-8,10H2,(H,24,25);1-2,5,8,13H,3-4,6H2,(H,14,15)/t12-;8-/m11/s1. The summed E-state index contributed by atoms with van der Waals surface area (Å²) in [5.74, 6) is -0.637. The molecule has 5 aromatic rings. The van der Waals surface area contributed by atoms with Gasteiger partial charge in [-0.25, -0.2) is 0 Å². The Morgan fingerprint density at radius 1 is 0.886 bits per heavy atom. The number of carbonyl (C=O) groups is 1. The Morgan fingerprint density at radius 3 is 2.09 bits per heavy atom. The Bertz CT molecular complexity index is 1790. The highest BCUT2D eigenvalue weighted by atomic mass is 35.5. The van der Waals surface area contributed by atoms with Crippen LogP contribution in [-0.2, 0) is 6.18 Å². The van der Waals surface area contributed by atoms with E-state index in [0.717, 1.165) is 36.7 Å². The van der Waals surface area contributed by atoms with Gasteiger partial charge in [0.15, 0.2) is 11.2 Å². The molecule has 0 saturated carbocycles. The fourth-order valence-corrected chi connectivity index (χ4v) is 5.52. The lowest BCUT2D eigenvalue weighted by Crippen LogP contribution is -2.33. The molecule has 4 heterocycles. The van der Waals surface area contributed by atoms with E-state index in [-0.39, 0.29) is 24.2 Å². The number of rotatable bonds is 5. The van der Waals surface area contributed by atoms with Crippen molar-refractivity contribution in [3.63, 3.8) is 0 Å². The van der Waals surface area contributed by atoms with Gasteiger partial charge in [0.05, 0.1) is 11.1 Å². The largest absolute Gasteiger partial charge is 0.423 e. The van der Waals surface area contributed by atoms with E-state index in [1.165, 1.54) is 23.1 Å². The van der Waals surface area contributed by atoms with E-state index in [0.29, 0.717) is 46.2 Å². The van der Waals surface area contributed by atoms with Gasteiger partial charge in [-0.05, 0) is 55.8 Å². The van der Waals surface area contributed by atoms with Crippen molar-refractivity contribution < 1.29 is 26.8 Å². The van der Waals surface area contributed by atoms with Gasteiger partial charge in [0.2, 0.25) is 0 Å². The average Bonchev–Trinajstić information content (AvgIpc) is 3.80. The van der Waals surface area contributed by atoms with Gasteiger partial charge >= 0.3 is 6.18 Å². The molecule has 2 fully saturated rings. The summed E-state index contributed by atoms with van der Waals surface area (Å²) in [5, 5.41) is 10.8. The van der Waals surface area contributed by atoms with Crippen LogP contribution in [0.15, 0.2) is 69.5 Å². The van der Waals surface area contributed by atoms with Crippen LogP contribution in [0, 0.1) is 0 Å². The van der Waals surface area contributed by atoms with Crippen molar-refractivity contribution >= 4 is 63.3 Å². The molecule has 2 atom stereocenters. The number of nitrogens with zero attached hydrogens (tertiary/aromatic N) is 3. The van der Waals surface area contributed by atoms with E-state index in [1.54, 1.807) is 24.3 Å². The third-order valence-corrected chi connectivity index (χ3v) is 7.83. The molecule has 9 nitrogen and oxygen atoms in total. The van der Waals surface area contributed by atoms with E-state index in [9.17, 15) is 18.0 Å². The van der Waals surface area contributed by atoms with Gasteiger partial charge in [-0.1, -0.05) is 35.3 Å². The van der Waals surface area contributed by atoms with Gasteiger partial charge in [0.25, 0.3) is 17.9 Å². The van der Waals surface area contributed by atoms with Crippen LogP contribution in [0.5, 0.6) is 0 Å². The maximum atomic E-state index is 13.2. The van der Waals surface area contributed by atoms with Crippen LogP contribution < -0.4 is 16.0 Å². The molecule has 0 aliphatic carbocycles. The Hall–Kier alpha value is -4.00. The lowest BCUT2D eigenvalue weighted by molar-refractivity contribution is -0.138. The third-order valence-electron chi connectivity index (χ3n) is 7.35. The number of fused-ring (bicyclic) bond motifs is 2. The number of aromatic nitrogens is 2. The molecule has 2 aliphatic rings. The monoisotopic (exact) mass is 646 g/mol. The van der Waals surface area contributed by atoms with Crippen LogP contribution in [0.4, 0.5) is 25.2 Å². The number of hydrogen-bond acceptors (Lipinski definition) is 8. The Labute approximate surface area is 259 Å². The number of likely N-dealkylation sites (tertiary alicyclic amines) is 1. The van der Waals surface area contributed by atoms with Crippen LogP contribution in [0.1, 0.15) is 28.8 Å². The quantitative estimate of drug-likeness (QED) is 0.186. The van der Waals surface area contributed by atoms with Gasteiger partial charge in [0.1, 0.15) is 11.0 Å². The molecule has 0 bridgehead atoms. The Morgan fingerprint density at radius 2 is 1.50 bits per heavy atom. The number of hydrogen-bond donors (Lipinski definition) is 3. The first-order valence-electron chi connectivity index (χ1n) is 13.9. The summed E-state index contributed by atoms with van der Waals surface area (Å²) in [6.45, 7) is 2.60. The zero-order valence-electron chi connectivity index (χ0n) is 23.1. The molecule has 0 radical (unpaired) electrons. The minimum absolute atomic E-state index is 0.175. The zero-order valence-corrected chi connectivity index (χ0v) is 24.6. The van der Waals surface area contributed by atoms with Crippen molar-refractivity contribution in [2.45, 2.75) is 31.1 Å². The van der Waals surface area contributed by atoms with E-state index >= 15 is 0 Å². The number of halogens is 5. The second-order valence-electron chi connectivity index (χ2n) is 10.5. The van der Waals surface area contributed by atoms with Crippen molar-refractivity contribution in [2.24, 2.45) is 0 Å². The Balaban J connectivity index is 0.000000181. The molecule has 3 aromatic carbocycles. The molecule has 44 heavy (non-hydrogen) atoms. The zero-order chi connectivity index (χ0) is 30.8. The minimum Gasteiger partial charge on any atom is -0.423 e.